The van der Waals surface area contributed by atoms with E-state index < -0.39 is 0 Å². The van der Waals surface area contributed by atoms with Gasteiger partial charge >= 0.3 is 0 Å². The molecular weight excluding hydrogens is 555 g/mol. The van der Waals surface area contributed by atoms with Gasteiger partial charge in [0.1, 0.15) is 0 Å². The minimum atomic E-state index is 1.11. The molecule has 224 valence electrons. The molecule has 0 aliphatic carbocycles. The van der Waals surface area contributed by atoms with Crippen LogP contribution in [0.1, 0.15) is 50.1 Å². The van der Waals surface area contributed by atoms with E-state index in [0.717, 1.165) is 28.2 Å². The zero-order valence-electron chi connectivity index (χ0n) is 26.8. The standard InChI is InChI=1S/C45H39N/c1-34-7-11-37(12-8-34)15-17-39-21-27-43(28-22-39)46(44-29-23-40(24-30-44)18-16-38-13-9-35(2)10-14-38)45-31-25-41(26-32-45)19-20-42-6-4-5-36(3)33-42/h4-33H,1-3H3/b17-15+,18-16+,20-19+. The van der Waals surface area contributed by atoms with Crippen molar-refractivity contribution in [2.24, 2.45) is 0 Å². The molecule has 0 unspecified atom stereocenters. The van der Waals surface area contributed by atoms with Crippen LogP contribution in [0.3, 0.4) is 0 Å². The molecule has 6 aromatic carbocycles. The normalized spacial score (nSPS) is 11.5. The highest BCUT2D eigenvalue weighted by molar-refractivity contribution is 5.80. The minimum absolute atomic E-state index is 1.11. The first-order valence-corrected chi connectivity index (χ1v) is 15.8. The first kappa shape index (κ1) is 30.4. The highest BCUT2D eigenvalue weighted by Crippen LogP contribution is 2.35. The Labute approximate surface area is 274 Å². The zero-order chi connectivity index (χ0) is 31.7. The number of hydrogen-bond donors (Lipinski definition) is 0. The molecule has 0 aromatic heterocycles. The summed E-state index contributed by atoms with van der Waals surface area (Å²) in [4.78, 5) is 2.31. The Kier molecular flexibility index (Phi) is 9.52. The Bertz CT molecular complexity index is 1860. The van der Waals surface area contributed by atoms with Crippen LogP contribution >= 0.6 is 0 Å². The Balaban J connectivity index is 1.27. The zero-order valence-corrected chi connectivity index (χ0v) is 26.8. The number of benzene rings is 6. The van der Waals surface area contributed by atoms with Gasteiger partial charge in [0.25, 0.3) is 0 Å². The molecule has 0 atom stereocenters. The number of anilines is 3. The van der Waals surface area contributed by atoms with Crippen molar-refractivity contribution in [2.75, 3.05) is 4.90 Å². The molecule has 0 fully saturated rings. The fourth-order valence-corrected chi connectivity index (χ4v) is 5.36. The van der Waals surface area contributed by atoms with Crippen LogP contribution in [-0.2, 0) is 0 Å². The van der Waals surface area contributed by atoms with Crippen LogP contribution in [0.2, 0.25) is 0 Å². The Morgan fingerprint density at radius 3 is 0.935 bits per heavy atom. The van der Waals surface area contributed by atoms with E-state index >= 15 is 0 Å². The third kappa shape index (κ3) is 8.08. The van der Waals surface area contributed by atoms with Crippen molar-refractivity contribution >= 4 is 53.5 Å². The molecule has 0 N–H and O–H groups in total. The number of aryl methyl sites for hydroxylation is 3. The molecule has 46 heavy (non-hydrogen) atoms. The summed E-state index contributed by atoms with van der Waals surface area (Å²) < 4.78 is 0. The molecule has 6 rings (SSSR count). The molecule has 0 spiro atoms. The second kappa shape index (κ2) is 14.4. The van der Waals surface area contributed by atoms with Gasteiger partial charge in [0.15, 0.2) is 0 Å². The molecule has 1 nitrogen and oxygen atoms in total. The monoisotopic (exact) mass is 593 g/mol. The molecule has 0 amide bonds. The van der Waals surface area contributed by atoms with Gasteiger partial charge in [-0.15, -0.1) is 0 Å². The predicted octanol–water partition coefficient (Wildman–Crippen LogP) is 12.6. The molecule has 0 heterocycles. The van der Waals surface area contributed by atoms with Gasteiger partial charge in [-0.2, -0.15) is 0 Å². The van der Waals surface area contributed by atoms with Gasteiger partial charge in [-0.05, 0) is 90.6 Å². The van der Waals surface area contributed by atoms with Crippen molar-refractivity contribution in [1.82, 2.24) is 0 Å². The molecule has 0 aliphatic rings. The van der Waals surface area contributed by atoms with Crippen molar-refractivity contribution in [3.05, 3.63) is 196 Å². The van der Waals surface area contributed by atoms with Crippen LogP contribution in [0.4, 0.5) is 17.1 Å². The Morgan fingerprint density at radius 2 is 0.609 bits per heavy atom. The fourth-order valence-electron chi connectivity index (χ4n) is 5.36. The predicted molar refractivity (Wildman–Crippen MR) is 201 cm³/mol. The van der Waals surface area contributed by atoms with E-state index in [9.17, 15) is 0 Å². The van der Waals surface area contributed by atoms with Crippen molar-refractivity contribution in [1.29, 1.82) is 0 Å². The van der Waals surface area contributed by atoms with Crippen molar-refractivity contribution in [3.63, 3.8) is 0 Å². The lowest BCUT2D eigenvalue weighted by atomic mass is 10.1. The summed E-state index contributed by atoms with van der Waals surface area (Å²) in [5, 5.41) is 0. The number of rotatable bonds is 9. The highest BCUT2D eigenvalue weighted by atomic mass is 15.1. The third-order valence-corrected chi connectivity index (χ3v) is 8.06. The van der Waals surface area contributed by atoms with E-state index in [1.807, 2.05) is 0 Å². The minimum Gasteiger partial charge on any atom is -0.311 e. The van der Waals surface area contributed by atoms with E-state index in [1.165, 1.54) is 38.9 Å². The van der Waals surface area contributed by atoms with Crippen LogP contribution in [-0.4, -0.2) is 0 Å². The number of hydrogen-bond acceptors (Lipinski definition) is 1. The first-order chi connectivity index (χ1) is 22.5. The average molecular weight is 594 g/mol. The van der Waals surface area contributed by atoms with Gasteiger partial charge in [0.05, 0.1) is 0 Å². The van der Waals surface area contributed by atoms with E-state index in [4.69, 9.17) is 0 Å². The van der Waals surface area contributed by atoms with Gasteiger partial charge in [-0.25, -0.2) is 0 Å². The summed E-state index contributed by atoms with van der Waals surface area (Å²) >= 11 is 0. The number of nitrogens with zero attached hydrogens (tertiary/aromatic N) is 1. The van der Waals surface area contributed by atoms with Crippen molar-refractivity contribution in [2.45, 2.75) is 20.8 Å². The maximum Gasteiger partial charge on any atom is 0.0462 e. The smallest absolute Gasteiger partial charge is 0.0462 e. The van der Waals surface area contributed by atoms with E-state index in [1.54, 1.807) is 0 Å². The summed E-state index contributed by atoms with van der Waals surface area (Å²) in [5.74, 6) is 0. The summed E-state index contributed by atoms with van der Waals surface area (Å²) in [6, 6.07) is 52.1. The van der Waals surface area contributed by atoms with Gasteiger partial charge in [0, 0.05) is 17.1 Å². The van der Waals surface area contributed by atoms with Crippen LogP contribution in [0.5, 0.6) is 0 Å². The Hall–Kier alpha value is -5.66. The van der Waals surface area contributed by atoms with E-state index in [-0.39, 0.29) is 0 Å². The van der Waals surface area contributed by atoms with Gasteiger partial charge in [0.2, 0.25) is 0 Å². The maximum atomic E-state index is 2.31. The first-order valence-electron chi connectivity index (χ1n) is 15.8. The lowest BCUT2D eigenvalue weighted by molar-refractivity contribution is 1.28. The molecule has 0 aliphatic heterocycles. The topological polar surface area (TPSA) is 3.24 Å². The largest absolute Gasteiger partial charge is 0.311 e. The van der Waals surface area contributed by atoms with Crippen LogP contribution in [0.15, 0.2) is 146 Å². The van der Waals surface area contributed by atoms with Crippen LogP contribution < -0.4 is 4.90 Å². The Morgan fingerprint density at radius 1 is 0.304 bits per heavy atom. The molecule has 0 saturated heterocycles. The summed E-state index contributed by atoms with van der Waals surface area (Å²) in [7, 11) is 0. The third-order valence-electron chi connectivity index (χ3n) is 8.06. The van der Waals surface area contributed by atoms with Crippen molar-refractivity contribution in [3.8, 4) is 0 Å². The second-order valence-electron chi connectivity index (χ2n) is 11.8. The fraction of sp³-hybridized carbons (Fsp3) is 0.0667. The molecule has 6 aromatic rings. The summed E-state index contributed by atoms with van der Waals surface area (Å²) in [6.07, 6.45) is 13.0. The molecule has 1 heteroatoms. The average Bonchev–Trinajstić information content (AvgIpc) is 3.09. The van der Waals surface area contributed by atoms with E-state index in [0.29, 0.717) is 0 Å². The maximum absolute atomic E-state index is 2.31. The highest BCUT2D eigenvalue weighted by Gasteiger charge is 2.12. The SMILES string of the molecule is Cc1ccc(/C=C/c2ccc(N(c3ccc(/C=C/c4ccc(C)cc4)cc3)c3ccc(/C=C/c4cccc(C)c4)cc3)cc2)cc1. The molecular formula is C45H39N. The lowest BCUT2D eigenvalue weighted by Crippen LogP contribution is -2.09. The lowest BCUT2D eigenvalue weighted by Gasteiger charge is -2.26. The van der Waals surface area contributed by atoms with Crippen molar-refractivity contribution < 1.29 is 0 Å². The molecule has 0 radical (unpaired) electrons. The second-order valence-corrected chi connectivity index (χ2v) is 11.8. The van der Waals surface area contributed by atoms with E-state index in [2.05, 4.69) is 208 Å². The summed E-state index contributed by atoms with van der Waals surface area (Å²) in [6.45, 7) is 6.35. The summed E-state index contributed by atoms with van der Waals surface area (Å²) in [5.41, 5.74) is 14.2. The molecule has 0 saturated carbocycles. The van der Waals surface area contributed by atoms with Crippen LogP contribution in [0.25, 0.3) is 36.5 Å². The molecule has 0 bridgehead atoms. The van der Waals surface area contributed by atoms with Gasteiger partial charge in [-0.1, -0.05) is 162 Å². The van der Waals surface area contributed by atoms with Gasteiger partial charge < -0.3 is 4.90 Å². The van der Waals surface area contributed by atoms with Crippen LogP contribution in [0, 0.1) is 20.8 Å². The quantitative estimate of drug-likeness (QED) is 0.151. The van der Waals surface area contributed by atoms with Gasteiger partial charge in [-0.3, -0.25) is 0 Å².